The summed E-state index contributed by atoms with van der Waals surface area (Å²) in [6, 6.07) is 2.17. The van der Waals surface area contributed by atoms with E-state index in [0.717, 1.165) is 35.4 Å². The quantitative estimate of drug-likeness (QED) is 0.732. The number of thiophene rings is 1. The summed E-state index contributed by atoms with van der Waals surface area (Å²) in [5.74, 6) is 1.92. The zero-order valence-electron chi connectivity index (χ0n) is 12.2. The second-order valence-electron chi connectivity index (χ2n) is 4.93. The minimum atomic E-state index is 0.224. The van der Waals surface area contributed by atoms with E-state index in [1.807, 2.05) is 7.05 Å². The lowest BCUT2D eigenvalue weighted by molar-refractivity contribution is 0.266. The van der Waals surface area contributed by atoms with Crippen molar-refractivity contribution in [3.63, 3.8) is 0 Å². The molecule has 1 atom stereocenters. The molecule has 0 saturated carbocycles. The van der Waals surface area contributed by atoms with E-state index in [-0.39, 0.29) is 6.61 Å². The monoisotopic (exact) mass is 294 g/mol. The van der Waals surface area contributed by atoms with Gasteiger partial charge in [0.15, 0.2) is 0 Å². The lowest BCUT2D eigenvalue weighted by Crippen LogP contribution is -2.14. The molecular weight excluding hydrogens is 272 g/mol. The van der Waals surface area contributed by atoms with Gasteiger partial charge in [-0.2, -0.15) is 4.98 Å². The number of nitrogens with zero attached hydrogens (tertiary/aromatic N) is 2. The number of nitrogens with one attached hydrogen (secondary N) is 2. The van der Waals surface area contributed by atoms with Gasteiger partial charge in [-0.3, -0.25) is 0 Å². The Balaban J connectivity index is 2.27. The minimum Gasteiger partial charge on any atom is -0.396 e. The SMILES string of the molecule is CCc1cc2c(NCC(C)CCO)nc(NC)nc2s1. The van der Waals surface area contributed by atoms with Gasteiger partial charge in [-0.05, 0) is 24.8 Å². The first-order valence-electron chi connectivity index (χ1n) is 7.00. The van der Waals surface area contributed by atoms with Crippen LogP contribution in [0.1, 0.15) is 25.1 Å². The summed E-state index contributed by atoms with van der Waals surface area (Å²) in [5.41, 5.74) is 0. The summed E-state index contributed by atoms with van der Waals surface area (Å²) in [7, 11) is 1.83. The zero-order valence-corrected chi connectivity index (χ0v) is 13.0. The van der Waals surface area contributed by atoms with Gasteiger partial charge in [0.05, 0.1) is 5.39 Å². The topological polar surface area (TPSA) is 70.1 Å². The number of anilines is 2. The summed E-state index contributed by atoms with van der Waals surface area (Å²) in [6.07, 6.45) is 1.81. The first kappa shape index (κ1) is 15.0. The van der Waals surface area contributed by atoms with Crippen LogP contribution in [0.25, 0.3) is 10.2 Å². The van der Waals surface area contributed by atoms with E-state index in [0.29, 0.717) is 11.9 Å². The third-order valence-corrected chi connectivity index (χ3v) is 4.43. The second-order valence-corrected chi connectivity index (χ2v) is 6.04. The molecular formula is C14H22N4OS. The molecule has 1 unspecified atom stereocenters. The van der Waals surface area contributed by atoms with Gasteiger partial charge >= 0.3 is 0 Å². The van der Waals surface area contributed by atoms with E-state index in [9.17, 15) is 0 Å². The fourth-order valence-corrected chi connectivity index (χ4v) is 2.95. The van der Waals surface area contributed by atoms with Crippen molar-refractivity contribution in [2.24, 2.45) is 5.92 Å². The molecule has 5 nitrogen and oxygen atoms in total. The Hall–Kier alpha value is -1.40. The van der Waals surface area contributed by atoms with Crippen molar-refractivity contribution in [2.75, 3.05) is 30.8 Å². The molecule has 0 aliphatic rings. The number of aliphatic hydroxyl groups excluding tert-OH is 1. The Morgan fingerprint density at radius 2 is 2.20 bits per heavy atom. The summed E-state index contributed by atoms with van der Waals surface area (Å²) < 4.78 is 0. The van der Waals surface area contributed by atoms with Crippen LogP contribution in [-0.2, 0) is 6.42 Å². The number of hydrogen-bond acceptors (Lipinski definition) is 6. The molecule has 0 saturated heterocycles. The van der Waals surface area contributed by atoms with Crippen molar-refractivity contribution in [3.05, 3.63) is 10.9 Å². The molecule has 0 spiro atoms. The number of aromatic nitrogens is 2. The average molecular weight is 294 g/mol. The largest absolute Gasteiger partial charge is 0.396 e. The van der Waals surface area contributed by atoms with E-state index >= 15 is 0 Å². The summed E-state index contributed by atoms with van der Waals surface area (Å²) in [5, 5.41) is 16.4. The van der Waals surface area contributed by atoms with Gasteiger partial charge in [0.1, 0.15) is 10.6 Å². The number of rotatable bonds is 7. The van der Waals surface area contributed by atoms with Crippen LogP contribution < -0.4 is 10.6 Å². The molecule has 0 fully saturated rings. The van der Waals surface area contributed by atoms with Crippen molar-refractivity contribution in [2.45, 2.75) is 26.7 Å². The lowest BCUT2D eigenvalue weighted by atomic mass is 10.1. The molecule has 0 radical (unpaired) electrons. The molecule has 6 heteroatoms. The van der Waals surface area contributed by atoms with E-state index in [2.05, 4.69) is 40.5 Å². The molecule has 2 rings (SSSR count). The van der Waals surface area contributed by atoms with Gasteiger partial charge < -0.3 is 15.7 Å². The van der Waals surface area contributed by atoms with Gasteiger partial charge in [-0.1, -0.05) is 13.8 Å². The average Bonchev–Trinajstić information content (AvgIpc) is 2.87. The molecule has 3 N–H and O–H groups in total. The maximum atomic E-state index is 8.96. The Kier molecular flexibility index (Phi) is 5.14. The molecule has 0 amide bonds. The van der Waals surface area contributed by atoms with Crippen molar-refractivity contribution in [1.82, 2.24) is 9.97 Å². The Bertz CT molecular complexity index is 570. The molecule has 0 aliphatic heterocycles. The van der Waals surface area contributed by atoms with E-state index in [1.54, 1.807) is 11.3 Å². The van der Waals surface area contributed by atoms with Gasteiger partial charge in [-0.15, -0.1) is 11.3 Å². The van der Waals surface area contributed by atoms with Crippen molar-refractivity contribution >= 4 is 33.3 Å². The van der Waals surface area contributed by atoms with Crippen LogP contribution in [0.4, 0.5) is 11.8 Å². The van der Waals surface area contributed by atoms with Crippen molar-refractivity contribution in [1.29, 1.82) is 0 Å². The summed E-state index contributed by atoms with van der Waals surface area (Å²) in [4.78, 5) is 11.3. The van der Waals surface area contributed by atoms with Crippen LogP contribution in [0.3, 0.4) is 0 Å². The predicted molar refractivity (Wildman–Crippen MR) is 85.7 cm³/mol. The normalized spacial score (nSPS) is 12.6. The van der Waals surface area contributed by atoms with Gasteiger partial charge in [0.25, 0.3) is 0 Å². The highest BCUT2D eigenvalue weighted by Crippen LogP contribution is 2.30. The molecule has 2 aromatic heterocycles. The third kappa shape index (κ3) is 3.37. The van der Waals surface area contributed by atoms with Crippen molar-refractivity contribution in [3.8, 4) is 0 Å². The maximum absolute atomic E-state index is 8.96. The minimum absolute atomic E-state index is 0.224. The summed E-state index contributed by atoms with van der Waals surface area (Å²) in [6.45, 7) is 5.29. The first-order chi connectivity index (χ1) is 9.67. The highest BCUT2D eigenvalue weighted by atomic mass is 32.1. The van der Waals surface area contributed by atoms with Gasteiger partial charge in [0, 0.05) is 25.1 Å². The van der Waals surface area contributed by atoms with E-state index < -0.39 is 0 Å². The van der Waals surface area contributed by atoms with Gasteiger partial charge in [-0.25, -0.2) is 4.98 Å². The Labute approximate surface area is 123 Å². The second kappa shape index (κ2) is 6.85. The smallest absolute Gasteiger partial charge is 0.225 e. The van der Waals surface area contributed by atoms with Crippen LogP contribution in [0.2, 0.25) is 0 Å². The zero-order chi connectivity index (χ0) is 14.5. The standard InChI is InChI=1S/C14H22N4OS/c1-4-10-7-11-12(16-8-9(2)5-6-19)17-14(15-3)18-13(11)20-10/h7,9,19H,4-6,8H2,1-3H3,(H2,15,16,17,18). The first-order valence-corrected chi connectivity index (χ1v) is 7.82. The van der Waals surface area contributed by atoms with Crippen LogP contribution in [-0.4, -0.2) is 35.3 Å². The van der Waals surface area contributed by atoms with Crippen molar-refractivity contribution < 1.29 is 5.11 Å². The molecule has 20 heavy (non-hydrogen) atoms. The molecule has 0 bridgehead atoms. The molecule has 110 valence electrons. The molecule has 2 aromatic rings. The number of hydrogen-bond donors (Lipinski definition) is 3. The summed E-state index contributed by atoms with van der Waals surface area (Å²) >= 11 is 1.71. The Morgan fingerprint density at radius 1 is 1.40 bits per heavy atom. The number of fused-ring (bicyclic) bond motifs is 1. The molecule has 0 aliphatic carbocycles. The van der Waals surface area contributed by atoms with E-state index in [4.69, 9.17) is 5.11 Å². The fourth-order valence-electron chi connectivity index (χ4n) is 1.99. The third-order valence-electron chi connectivity index (χ3n) is 3.26. The Morgan fingerprint density at radius 3 is 2.85 bits per heavy atom. The van der Waals surface area contributed by atoms with Crippen LogP contribution in [0, 0.1) is 5.92 Å². The van der Waals surface area contributed by atoms with Gasteiger partial charge in [0.2, 0.25) is 5.95 Å². The van der Waals surface area contributed by atoms with E-state index in [1.165, 1.54) is 4.88 Å². The molecule has 0 aromatic carbocycles. The highest BCUT2D eigenvalue weighted by Gasteiger charge is 2.11. The predicted octanol–water partition coefficient (Wildman–Crippen LogP) is 2.73. The van der Waals surface area contributed by atoms with Crippen LogP contribution in [0.5, 0.6) is 0 Å². The number of aryl methyl sites for hydroxylation is 1. The number of aliphatic hydroxyl groups is 1. The maximum Gasteiger partial charge on any atom is 0.225 e. The highest BCUT2D eigenvalue weighted by molar-refractivity contribution is 7.18. The lowest BCUT2D eigenvalue weighted by Gasteiger charge is -2.13. The van der Waals surface area contributed by atoms with Crippen LogP contribution >= 0.6 is 11.3 Å². The molecule has 2 heterocycles. The fraction of sp³-hybridized carbons (Fsp3) is 0.571. The van der Waals surface area contributed by atoms with Crippen LogP contribution in [0.15, 0.2) is 6.07 Å².